The zero-order valence-electron chi connectivity index (χ0n) is 53.8. The quantitative estimate of drug-likeness (QED) is 0.0223. The first kappa shape index (κ1) is 71.2. The van der Waals surface area contributed by atoms with Crippen molar-refractivity contribution in [3.05, 3.63) is 188 Å². The van der Waals surface area contributed by atoms with Crippen molar-refractivity contribution in [3.8, 4) is 23.0 Å². The molecule has 0 spiro atoms. The van der Waals surface area contributed by atoms with Crippen molar-refractivity contribution in [1.82, 2.24) is 21.3 Å². The van der Waals surface area contributed by atoms with Crippen LogP contribution in [0.25, 0.3) is 0 Å². The van der Waals surface area contributed by atoms with E-state index in [0.29, 0.717) is 22.3 Å². The third kappa shape index (κ3) is 20.7. The number of benzene rings is 6. The Morgan fingerprint density at radius 3 is 1.00 bits per heavy atom. The number of para-hydroxylation sites is 2. The molecule has 0 fully saturated rings. The highest BCUT2D eigenvalue weighted by Gasteiger charge is 2.32. The normalized spacial score (nSPS) is 18.6. The molecule has 24 nitrogen and oxygen atoms in total. The number of nitrogens with one attached hydrogen (secondary N) is 4. The highest BCUT2D eigenvalue weighted by molar-refractivity contribution is 7.47. The van der Waals surface area contributed by atoms with Crippen LogP contribution < -0.4 is 40.2 Å². The zero-order chi connectivity index (χ0) is 68.0. The van der Waals surface area contributed by atoms with E-state index in [9.17, 15) is 38.2 Å². The number of fused-ring (bicyclic) bond motifs is 16. The molecule has 6 aromatic rings. The summed E-state index contributed by atoms with van der Waals surface area (Å²) in [5, 5.41) is 11.3. The van der Waals surface area contributed by atoms with Gasteiger partial charge in [-0.1, -0.05) is 97.1 Å². The zero-order valence-corrected chi connectivity index (χ0v) is 54.7. The molecular weight excluding hydrogens is 1250 g/mol. The number of hydrogen-bond donors (Lipinski definition) is 5. The lowest BCUT2D eigenvalue weighted by atomic mass is 9.89. The number of esters is 4. The molecule has 9 rings (SSSR count). The van der Waals surface area contributed by atoms with Crippen molar-refractivity contribution in [2.75, 3.05) is 66.1 Å². The van der Waals surface area contributed by atoms with Gasteiger partial charge >= 0.3 is 31.7 Å². The summed E-state index contributed by atoms with van der Waals surface area (Å²) in [6.45, 7) is 6.09. The summed E-state index contributed by atoms with van der Waals surface area (Å²) in [6.07, 6.45) is -0.394. The van der Waals surface area contributed by atoms with Gasteiger partial charge in [0.2, 0.25) is 11.8 Å². The number of ether oxygens (including phenoxy) is 8. The molecule has 0 saturated heterocycles. The Morgan fingerprint density at radius 1 is 0.432 bits per heavy atom. The summed E-state index contributed by atoms with van der Waals surface area (Å²) >= 11 is 0. The maximum absolute atomic E-state index is 15.0. The van der Waals surface area contributed by atoms with E-state index in [-0.39, 0.29) is 121 Å². The fourth-order valence-corrected chi connectivity index (χ4v) is 11.7. The van der Waals surface area contributed by atoms with Gasteiger partial charge in [-0.25, -0.2) is 23.7 Å². The number of carbonyl (C=O) groups is 8. The van der Waals surface area contributed by atoms with Crippen LogP contribution in [0.4, 0.5) is 0 Å². The Labute approximate surface area is 550 Å². The van der Waals surface area contributed by atoms with Crippen LogP contribution in [-0.2, 0) is 99.9 Å². The molecule has 0 aromatic heterocycles. The summed E-state index contributed by atoms with van der Waals surface area (Å²) in [5.41, 5.74) is 4.23. The minimum absolute atomic E-state index is 0.00509. The number of hydrogen-bond acceptors (Lipinski definition) is 19. The van der Waals surface area contributed by atoms with E-state index in [1.54, 1.807) is 125 Å². The van der Waals surface area contributed by atoms with Crippen LogP contribution >= 0.6 is 7.82 Å². The standard InChI is InChI=1S/C70H79N4O20P/c1-7-85-59(75)39-89-63-47-23-17-24-48(63)30-52-34-56-36-54(66(52)92-42-62(78)88-10-4)32-50-26-18-25-49(64(50)90-40-60(76)86-8-2)31-53-35-55(33-51(29-47)65(53)91-41-61(77)87-9-3)69(81)71-43(5)67(79)73-57(27-45-19-13-11-14-20-45)37-93-95(83,84)94-38-58(28-46-21-15-12-16-22-46)74-68(80)44(6)72-70(56)82/h11-26,33-36,43-44,57-58H,7-10,27-32,37-42H2,1-6H3,(H,71,81)(H,72,82)(H,73,79)(H,74,80)(H,83,84). The summed E-state index contributed by atoms with van der Waals surface area (Å²) < 4.78 is 72.1. The Balaban J connectivity index is 1.38. The maximum atomic E-state index is 15.0. The largest absolute Gasteiger partial charge is 0.481 e. The maximum Gasteiger partial charge on any atom is 0.472 e. The first-order chi connectivity index (χ1) is 45.7. The van der Waals surface area contributed by atoms with Crippen LogP contribution in [0.15, 0.2) is 121 Å². The van der Waals surface area contributed by atoms with Gasteiger partial charge in [0.15, 0.2) is 26.4 Å². The van der Waals surface area contributed by atoms with Crippen molar-refractivity contribution in [2.45, 2.75) is 104 Å². The number of phosphoric ester groups is 1. The van der Waals surface area contributed by atoms with Crippen molar-refractivity contribution in [1.29, 1.82) is 0 Å². The van der Waals surface area contributed by atoms with Crippen LogP contribution in [0.5, 0.6) is 23.0 Å². The predicted molar refractivity (Wildman–Crippen MR) is 345 cm³/mol. The molecule has 25 heteroatoms. The van der Waals surface area contributed by atoms with Crippen molar-refractivity contribution in [2.24, 2.45) is 0 Å². The molecule has 10 bridgehead atoms. The molecule has 2 aliphatic heterocycles. The van der Waals surface area contributed by atoms with Crippen LogP contribution in [0.1, 0.15) is 118 Å². The Bertz CT molecular complexity index is 3440. The first-order valence-electron chi connectivity index (χ1n) is 31.3. The summed E-state index contributed by atoms with van der Waals surface area (Å²) in [7, 11) is -4.97. The molecule has 95 heavy (non-hydrogen) atoms. The average molecular weight is 1330 g/mol. The second-order valence-electron chi connectivity index (χ2n) is 22.4. The monoisotopic (exact) mass is 1330 g/mol. The highest BCUT2D eigenvalue weighted by atomic mass is 31.2. The van der Waals surface area contributed by atoms with E-state index in [4.69, 9.17) is 46.9 Å². The average Bonchev–Trinajstić information content (AvgIpc) is 0.782. The Kier molecular flexibility index (Phi) is 25.9. The van der Waals surface area contributed by atoms with E-state index in [2.05, 4.69) is 21.3 Å². The molecule has 2 heterocycles. The lowest BCUT2D eigenvalue weighted by Crippen LogP contribution is -2.50. The van der Waals surface area contributed by atoms with Crippen LogP contribution in [0.3, 0.4) is 0 Å². The molecule has 504 valence electrons. The molecule has 1 aliphatic carbocycles. The lowest BCUT2D eigenvalue weighted by Gasteiger charge is -2.25. The van der Waals surface area contributed by atoms with Gasteiger partial charge in [0.25, 0.3) is 11.8 Å². The van der Waals surface area contributed by atoms with E-state index in [0.717, 1.165) is 11.1 Å². The van der Waals surface area contributed by atoms with Gasteiger partial charge in [0.05, 0.1) is 51.7 Å². The predicted octanol–water partition coefficient (Wildman–Crippen LogP) is 6.97. The molecule has 4 atom stereocenters. The van der Waals surface area contributed by atoms with Gasteiger partial charge in [-0.2, -0.15) is 0 Å². The molecule has 6 aromatic carbocycles. The Morgan fingerprint density at radius 2 is 0.716 bits per heavy atom. The molecule has 3 aliphatic rings. The number of phosphoric acid groups is 1. The van der Waals surface area contributed by atoms with E-state index in [1.807, 2.05) is 0 Å². The second kappa shape index (κ2) is 34.5. The van der Waals surface area contributed by atoms with Gasteiger partial charge in [0, 0.05) is 36.8 Å². The van der Waals surface area contributed by atoms with E-state index in [1.165, 1.54) is 38.1 Å². The molecule has 0 saturated carbocycles. The van der Waals surface area contributed by atoms with Crippen molar-refractivity contribution in [3.63, 3.8) is 0 Å². The van der Waals surface area contributed by atoms with Crippen LogP contribution in [0.2, 0.25) is 0 Å². The fourth-order valence-electron chi connectivity index (χ4n) is 10.9. The molecular formula is C70H79N4O20P. The Hall–Kier alpha value is -9.61. The SMILES string of the molecule is CCOC(=O)COc1c2cccc1Cc1cc3cc(c1OCC(=O)OCC)Cc1cccc(c1OCC(=O)OCC)Cc1cc(cc(c1OCC(=O)OCC)C2)C(=O)NC(C)C(=O)NC(Cc1ccccc1)COP(=O)(O)OCC(Cc1ccccc1)NC(=O)C(C)NC3=O. The molecule has 0 radical (unpaired) electrons. The minimum Gasteiger partial charge on any atom is -0.481 e. The summed E-state index contributed by atoms with van der Waals surface area (Å²) in [5.74, 6) is -5.24. The van der Waals surface area contributed by atoms with Gasteiger partial charge in [-0.05, 0) is 134 Å². The van der Waals surface area contributed by atoms with Gasteiger partial charge in [-0.15, -0.1) is 0 Å². The lowest BCUT2D eigenvalue weighted by molar-refractivity contribution is -0.146. The first-order valence-corrected chi connectivity index (χ1v) is 32.8. The number of rotatable bonds is 20. The summed E-state index contributed by atoms with van der Waals surface area (Å²) in [4.78, 5) is 123. The van der Waals surface area contributed by atoms with Crippen LogP contribution in [0, 0.1) is 0 Å². The molecule has 5 N–H and O–H groups in total. The van der Waals surface area contributed by atoms with Crippen LogP contribution in [-0.4, -0.2) is 143 Å². The number of amides is 4. The van der Waals surface area contributed by atoms with Gasteiger partial charge < -0.3 is 64.1 Å². The topological polar surface area (TPSA) is 314 Å². The fraction of sp³-hybridized carbons (Fsp3) is 0.371. The molecule has 4 amide bonds. The van der Waals surface area contributed by atoms with Crippen molar-refractivity contribution < 1.29 is 94.8 Å². The van der Waals surface area contributed by atoms with E-state index < -0.39 is 119 Å². The minimum atomic E-state index is -4.97. The third-order valence-corrected chi connectivity index (χ3v) is 16.1. The van der Waals surface area contributed by atoms with Gasteiger partial charge in [0.1, 0.15) is 35.1 Å². The molecule has 4 unspecified atom stereocenters. The summed E-state index contributed by atoms with van der Waals surface area (Å²) in [6, 6.07) is 29.7. The smallest absolute Gasteiger partial charge is 0.472 e. The second-order valence-corrected chi connectivity index (χ2v) is 23.8. The van der Waals surface area contributed by atoms with Crippen molar-refractivity contribution >= 4 is 55.3 Å². The van der Waals surface area contributed by atoms with Gasteiger partial charge in [-0.3, -0.25) is 28.2 Å². The highest BCUT2D eigenvalue weighted by Crippen LogP contribution is 2.44. The van der Waals surface area contributed by atoms with E-state index >= 15 is 9.59 Å². The number of carbonyl (C=O) groups excluding carboxylic acids is 8. The third-order valence-electron chi connectivity index (χ3n) is 15.2.